The molecule has 28 heavy (non-hydrogen) atoms. The smallest absolute Gasteiger partial charge is 0.244 e. The van der Waals surface area contributed by atoms with E-state index >= 15 is 0 Å². The molecule has 2 aromatic rings. The van der Waals surface area contributed by atoms with Gasteiger partial charge in [-0.15, -0.1) is 0 Å². The van der Waals surface area contributed by atoms with Crippen LogP contribution in [0.15, 0.2) is 58.6 Å². The topological polar surface area (TPSA) is 79.4 Å². The van der Waals surface area contributed by atoms with Crippen molar-refractivity contribution in [2.24, 2.45) is 0 Å². The van der Waals surface area contributed by atoms with Gasteiger partial charge in [-0.2, -0.15) is 4.31 Å². The van der Waals surface area contributed by atoms with E-state index in [1.165, 1.54) is 22.3 Å². The standard InChI is InChI=1S/C20H25N3O3S2/c1-16(20(24)22-14-17-8-4-2-5-9-17)27-19-11-10-18(15-21-19)28(25,26)23-12-6-3-7-13-23/h2,4-5,8-11,15-16H,3,6-7,12-14H2,1H3,(H,22,24)/t16-/m0/s1. The highest BCUT2D eigenvalue weighted by atomic mass is 32.2. The SMILES string of the molecule is C[C@H](Sc1ccc(S(=O)(=O)N2CCCCC2)cn1)C(=O)NCc1ccccc1. The average molecular weight is 420 g/mol. The van der Waals surface area contributed by atoms with E-state index in [2.05, 4.69) is 10.3 Å². The molecule has 0 aliphatic carbocycles. The molecule has 0 unspecified atom stereocenters. The number of sulfonamides is 1. The van der Waals surface area contributed by atoms with Gasteiger partial charge in [0.25, 0.3) is 0 Å². The molecular formula is C20H25N3O3S2. The third kappa shape index (κ3) is 5.33. The number of amides is 1. The van der Waals surface area contributed by atoms with E-state index in [0.717, 1.165) is 24.8 Å². The molecule has 1 N–H and O–H groups in total. The van der Waals surface area contributed by atoms with E-state index in [0.29, 0.717) is 24.7 Å². The zero-order chi connectivity index (χ0) is 20.0. The first-order valence-electron chi connectivity index (χ1n) is 9.41. The fourth-order valence-corrected chi connectivity index (χ4v) is 5.28. The first kappa shape index (κ1) is 20.8. The molecule has 1 atom stereocenters. The van der Waals surface area contributed by atoms with Crippen LogP contribution in [0.4, 0.5) is 0 Å². The van der Waals surface area contributed by atoms with E-state index < -0.39 is 10.0 Å². The number of nitrogens with zero attached hydrogens (tertiary/aromatic N) is 2. The van der Waals surface area contributed by atoms with Gasteiger partial charge in [-0.25, -0.2) is 13.4 Å². The summed E-state index contributed by atoms with van der Waals surface area (Å²) >= 11 is 1.31. The minimum atomic E-state index is -3.48. The number of rotatable bonds is 7. The Hall–Kier alpha value is -1.90. The maximum Gasteiger partial charge on any atom is 0.244 e. The van der Waals surface area contributed by atoms with E-state index in [1.807, 2.05) is 37.3 Å². The van der Waals surface area contributed by atoms with Crippen LogP contribution in [-0.4, -0.2) is 42.0 Å². The monoisotopic (exact) mass is 419 g/mol. The number of carbonyl (C=O) groups excluding carboxylic acids is 1. The van der Waals surface area contributed by atoms with Gasteiger partial charge in [0.05, 0.1) is 10.3 Å². The highest BCUT2D eigenvalue weighted by molar-refractivity contribution is 8.00. The number of benzene rings is 1. The lowest BCUT2D eigenvalue weighted by Crippen LogP contribution is -2.35. The van der Waals surface area contributed by atoms with E-state index in [-0.39, 0.29) is 16.1 Å². The molecule has 8 heteroatoms. The van der Waals surface area contributed by atoms with Crippen molar-refractivity contribution in [1.82, 2.24) is 14.6 Å². The number of thioether (sulfide) groups is 1. The summed E-state index contributed by atoms with van der Waals surface area (Å²) in [6, 6.07) is 13.0. The maximum atomic E-state index is 12.7. The lowest BCUT2D eigenvalue weighted by molar-refractivity contribution is -0.120. The Morgan fingerprint density at radius 1 is 1.14 bits per heavy atom. The van der Waals surface area contributed by atoms with Crippen LogP contribution in [0.5, 0.6) is 0 Å². The van der Waals surface area contributed by atoms with Gasteiger partial charge in [0.15, 0.2) is 0 Å². The summed E-state index contributed by atoms with van der Waals surface area (Å²) in [6.45, 7) is 3.42. The molecule has 1 amide bonds. The molecular weight excluding hydrogens is 394 g/mol. The van der Waals surface area contributed by atoms with Crippen LogP contribution in [0, 0.1) is 0 Å². The van der Waals surface area contributed by atoms with Crippen molar-refractivity contribution >= 4 is 27.7 Å². The predicted molar refractivity (Wildman–Crippen MR) is 110 cm³/mol. The Labute approximate surface area is 170 Å². The van der Waals surface area contributed by atoms with Crippen molar-refractivity contribution in [2.75, 3.05) is 13.1 Å². The molecule has 0 saturated carbocycles. The summed E-state index contributed by atoms with van der Waals surface area (Å²) in [5, 5.41) is 3.20. The van der Waals surface area contributed by atoms with Gasteiger partial charge >= 0.3 is 0 Å². The molecule has 1 aromatic heterocycles. The highest BCUT2D eigenvalue weighted by Crippen LogP contribution is 2.24. The summed E-state index contributed by atoms with van der Waals surface area (Å²) in [5.41, 5.74) is 1.04. The van der Waals surface area contributed by atoms with Crippen molar-refractivity contribution in [3.05, 3.63) is 54.2 Å². The van der Waals surface area contributed by atoms with Gasteiger partial charge in [0.1, 0.15) is 4.90 Å². The normalized spacial score (nSPS) is 16.5. The van der Waals surface area contributed by atoms with Crippen LogP contribution < -0.4 is 5.32 Å². The number of carbonyl (C=O) groups is 1. The predicted octanol–water partition coefficient (Wildman–Crippen LogP) is 3.05. The summed E-state index contributed by atoms with van der Waals surface area (Å²) in [4.78, 5) is 16.8. The Balaban J connectivity index is 1.56. The van der Waals surface area contributed by atoms with Gasteiger partial charge in [0, 0.05) is 25.8 Å². The van der Waals surface area contributed by atoms with Crippen LogP contribution in [0.25, 0.3) is 0 Å². The number of piperidine rings is 1. The molecule has 150 valence electrons. The lowest BCUT2D eigenvalue weighted by Gasteiger charge is -2.25. The summed E-state index contributed by atoms with van der Waals surface area (Å²) in [7, 11) is -3.48. The summed E-state index contributed by atoms with van der Waals surface area (Å²) < 4.78 is 26.9. The number of aromatic nitrogens is 1. The molecule has 0 bridgehead atoms. The van der Waals surface area contributed by atoms with Crippen molar-refractivity contribution in [3.63, 3.8) is 0 Å². The number of hydrogen-bond donors (Lipinski definition) is 1. The summed E-state index contributed by atoms with van der Waals surface area (Å²) in [6.07, 6.45) is 4.26. The van der Waals surface area contributed by atoms with Gasteiger partial charge in [-0.05, 0) is 37.5 Å². The molecule has 1 aromatic carbocycles. The minimum Gasteiger partial charge on any atom is -0.351 e. The highest BCUT2D eigenvalue weighted by Gasteiger charge is 2.26. The van der Waals surface area contributed by atoms with Gasteiger partial charge in [0.2, 0.25) is 15.9 Å². The van der Waals surface area contributed by atoms with Crippen molar-refractivity contribution in [2.45, 2.75) is 47.9 Å². The third-order valence-corrected chi connectivity index (χ3v) is 7.57. The Morgan fingerprint density at radius 3 is 2.50 bits per heavy atom. The number of hydrogen-bond acceptors (Lipinski definition) is 5. The molecule has 3 rings (SSSR count). The lowest BCUT2D eigenvalue weighted by atomic mass is 10.2. The van der Waals surface area contributed by atoms with Crippen LogP contribution >= 0.6 is 11.8 Å². The quantitative estimate of drug-likeness (QED) is 0.698. The van der Waals surface area contributed by atoms with Crippen LogP contribution in [0.1, 0.15) is 31.7 Å². The largest absolute Gasteiger partial charge is 0.351 e. The number of nitrogens with one attached hydrogen (secondary N) is 1. The van der Waals surface area contributed by atoms with Crippen LogP contribution in [-0.2, 0) is 21.4 Å². The molecule has 0 spiro atoms. The van der Waals surface area contributed by atoms with Gasteiger partial charge in [-0.1, -0.05) is 48.5 Å². The zero-order valence-electron chi connectivity index (χ0n) is 15.9. The Kier molecular flexibility index (Phi) is 7.09. The molecule has 1 aliphatic rings. The molecule has 6 nitrogen and oxygen atoms in total. The fraction of sp³-hybridized carbons (Fsp3) is 0.400. The number of pyridine rings is 1. The van der Waals surface area contributed by atoms with E-state index in [1.54, 1.807) is 12.1 Å². The molecule has 0 radical (unpaired) electrons. The van der Waals surface area contributed by atoms with Crippen LogP contribution in [0.3, 0.4) is 0 Å². The van der Waals surface area contributed by atoms with Crippen molar-refractivity contribution in [1.29, 1.82) is 0 Å². The first-order valence-corrected chi connectivity index (χ1v) is 11.7. The second kappa shape index (κ2) is 9.54. The maximum absolute atomic E-state index is 12.7. The van der Waals surface area contributed by atoms with Crippen LogP contribution in [0.2, 0.25) is 0 Å². The summed E-state index contributed by atoms with van der Waals surface area (Å²) in [5.74, 6) is -0.0827. The van der Waals surface area contributed by atoms with E-state index in [4.69, 9.17) is 0 Å². The first-order chi connectivity index (χ1) is 13.5. The Morgan fingerprint density at radius 2 is 1.86 bits per heavy atom. The fourth-order valence-electron chi connectivity index (χ4n) is 3.01. The molecule has 2 heterocycles. The van der Waals surface area contributed by atoms with E-state index in [9.17, 15) is 13.2 Å². The van der Waals surface area contributed by atoms with Gasteiger partial charge in [-0.3, -0.25) is 4.79 Å². The molecule has 1 aliphatic heterocycles. The van der Waals surface area contributed by atoms with Gasteiger partial charge < -0.3 is 5.32 Å². The third-order valence-electron chi connectivity index (χ3n) is 4.64. The average Bonchev–Trinajstić information content (AvgIpc) is 2.73. The molecule has 1 saturated heterocycles. The second-order valence-corrected chi connectivity index (χ2v) is 10.1. The van der Waals surface area contributed by atoms with Crippen molar-refractivity contribution < 1.29 is 13.2 Å². The zero-order valence-corrected chi connectivity index (χ0v) is 17.5. The minimum absolute atomic E-state index is 0.0827. The Bertz CT molecular complexity index is 881. The van der Waals surface area contributed by atoms with Crippen molar-refractivity contribution in [3.8, 4) is 0 Å². The molecule has 1 fully saturated rings. The second-order valence-electron chi connectivity index (χ2n) is 6.76.